The van der Waals surface area contributed by atoms with E-state index < -0.39 is 10.9 Å². The SMILES string of the molecule is CC(C)c1ccc(OCC2COC(Cn3ccnc3)(c3ccc(Cl)cc3Cl)O2)cc1.O=[N+]([O-])O. The molecule has 11 heteroatoms. The molecule has 3 aromatic rings. The van der Waals surface area contributed by atoms with Crippen molar-refractivity contribution >= 4 is 23.2 Å². The zero-order valence-corrected chi connectivity index (χ0v) is 20.1. The summed E-state index contributed by atoms with van der Waals surface area (Å²) in [6.07, 6.45) is 5.05. The van der Waals surface area contributed by atoms with Crippen molar-refractivity contribution in [2.24, 2.45) is 0 Å². The number of hydrogen-bond donors (Lipinski definition) is 1. The van der Waals surface area contributed by atoms with Crippen LogP contribution in [0.5, 0.6) is 5.75 Å². The van der Waals surface area contributed by atoms with E-state index in [2.05, 4.69) is 31.0 Å². The molecule has 0 radical (unpaired) electrons. The monoisotopic (exact) mass is 509 g/mol. The van der Waals surface area contributed by atoms with E-state index in [0.29, 0.717) is 35.7 Å². The summed E-state index contributed by atoms with van der Waals surface area (Å²) in [6, 6.07) is 13.5. The number of rotatable bonds is 7. The molecule has 34 heavy (non-hydrogen) atoms. The molecule has 1 N–H and O–H groups in total. The second-order valence-corrected chi connectivity index (χ2v) is 8.78. The Morgan fingerprint density at radius 2 is 2.00 bits per heavy atom. The lowest BCUT2D eigenvalue weighted by Crippen LogP contribution is -2.34. The fraction of sp³-hybridized carbons (Fsp3) is 0.348. The number of aromatic nitrogens is 2. The zero-order valence-electron chi connectivity index (χ0n) is 18.6. The Morgan fingerprint density at radius 1 is 1.29 bits per heavy atom. The number of ether oxygens (including phenoxy) is 3. The van der Waals surface area contributed by atoms with Crippen molar-refractivity contribution in [1.82, 2.24) is 9.55 Å². The van der Waals surface area contributed by atoms with Gasteiger partial charge in [-0.05, 0) is 35.7 Å². The standard InChI is InChI=1S/C23H24Cl2N2O3.HNO3/c1-16(2)17-3-6-19(7-4-17)28-12-20-13-29-23(30-20,14-27-10-9-26-15-27)21-8-5-18(24)11-22(21)25;2-1(3)4/h3-11,15-16,20H,12-14H2,1-2H3;(H,2,3,4). The van der Waals surface area contributed by atoms with Crippen molar-refractivity contribution in [1.29, 1.82) is 0 Å². The number of benzene rings is 2. The van der Waals surface area contributed by atoms with Crippen molar-refractivity contribution in [3.63, 3.8) is 0 Å². The molecule has 0 spiro atoms. The molecular weight excluding hydrogens is 485 g/mol. The molecule has 1 fully saturated rings. The quantitative estimate of drug-likeness (QED) is 0.339. The number of halogens is 2. The van der Waals surface area contributed by atoms with Gasteiger partial charge in [-0.25, -0.2) is 4.98 Å². The van der Waals surface area contributed by atoms with E-state index in [9.17, 15) is 0 Å². The summed E-state index contributed by atoms with van der Waals surface area (Å²) in [5.74, 6) is 0.246. The van der Waals surface area contributed by atoms with Crippen LogP contribution in [0, 0.1) is 10.1 Å². The molecule has 2 aromatic carbocycles. The largest absolute Gasteiger partial charge is 0.491 e. The van der Waals surface area contributed by atoms with Crippen LogP contribution in [0.25, 0.3) is 0 Å². The molecule has 0 amide bonds. The fourth-order valence-electron chi connectivity index (χ4n) is 3.51. The Morgan fingerprint density at radius 3 is 2.59 bits per heavy atom. The van der Waals surface area contributed by atoms with Gasteiger partial charge >= 0.3 is 0 Å². The second-order valence-electron chi connectivity index (χ2n) is 7.94. The molecule has 182 valence electrons. The van der Waals surface area contributed by atoms with Crippen LogP contribution in [-0.2, 0) is 21.8 Å². The average molecular weight is 510 g/mol. The van der Waals surface area contributed by atoms with Crippen LogP contribution in [0.15, 0.2) is 61.2 Å². The van der Waals surface area contributed by atoms with E-state index >= 15 is 0 Å². The van der Waals surface area contributed by atoms with E-state index in [-0.39, 0.29) is 6.10 Å². The third-order valence-electron chi connectivity index (χ3n) is 5.13. The zero-order chi connectivity index (χ0) is 24.7. The minimum atomic E-state index is -1.50. The summed E-state index contributed by atoms with van der Waals surface area (Å²) in [5, 5.41) is 14.7. The maximum atomic E-state index is 8.36. The molecule has 0 bridgehead atoms. The van der Waals surface area contributed by atoms with Crippen molar-refractivity contribution in [2.45, 2.75) is 38.2 Å². The Kier molecular flexibility index (Phi) is 8.73. The summed E-state index contributed by atoms with van der Waals surface area (Å²) in [7, 11) is 0. The predicted molar refractivity (Wildman–Crippen MR) is 126 cm³/mol. The summed E-state index contributed by atoms with van der Waals surface area (Å²) < 4.78 is 20.4. The Balaban J connectivity index is 0.000000751. The first kappa shape index (κ1) is 25.8. The molecular formula is C23H25Cl2N3O6. The van der Waals surface area contributed by atoms with Gasteiger partial charge in [-0.15, -0.1) is 10.1 Å². The molecule has 4 rings (SSSR count). The Labute approximate surface area is 206 Å². The first-order valence-electron chi connectivity index (χ1n) is 10.5. The van der Waals surface area contributed by atoms with Crippen LogP contribution in [-0.4, -0.2) is 39.2 Å². The van der Waals surface area contributed by atoms with Crippen LogP contribution in [0.4, 0.5) is 0 Å². The highest BCUT2D eigenvalue weighted by atomic mass is 35.5. The second kappa shape index (κ2) is 11.5. The lowest BCUT2D eigenvalue weighted by molar-refractivity contribution is -0.742. The summed E-state index contributed by atoms with van der Waals surface area (Å²) in [5.41, 5.74) is 2.01. The van der Waals surface area contributed by atoms with Gasteiger partial charge in [0.05, 0.1) is 24.5 Å². The minimum Gasteiger partial charge on any atom is -0.491 e. The fourth-order valence-corrected chi connectivity index (χ4v) is 4.07. The molecule has 1 aromatic heterocycles. The van der Waals surface area contributed by atoms with Gasteiger partial charge in [0.25, 0.3) is 5.09 Å². The molecule has 2 unspecified atom stereocenters. The highest BCUT2D eigenvalue weighted by Crippen LogP contribution is 2.40. The highest BCUT2D eigenvalue weighted by Gasteiger charge is 2.45. The van der Waals surface area contributed by atoms with Crippen molar-refractivity contribution < 1.29 is 24.5 Å². The number of imidazole rings is 1. The average Bonchev–Trinajstić information content (AvgIpc) is 3.43. The Hall–Kier alpha value is -2.85. The molecule has 1 saturated heterocycles. The van der Waals surface area contributed by atoms with Gasteiger partial charge in [0.15, 0.2) is 0 Å². The van der Waals surface area contributed by atoms with E-state index in [1.807, 2.05) is 29.0 Å². The van der Waals surface area contributed by atoms with Crippen LogP contribution in [0.1, 0.15) is 30.9 Å². The van der Waals surface area contributed by atoms with E-state index in [1.54, 1.807) is 24.7 Å². The van der Waals surface area contributed by atoms with Crippen molar-refractivity contribution in [2.75, 3.05) is 13.2 Å². The molecule has 1 aliphatic heterocycles. The first-order valence-corrected chi connectivity index (χ1v) is 11.2. The molecule has 2 heterocycles. The molecule has 9 nitrogen and oxygen atoms in total. The first-order chi connectivity index (χ1) is 16.2. The third-order valence-corrected chi connectivity index (χ3v) is 5.68. The normalized spacial score (nSPS) is 19.5. The highest BCUT2D eigenvalue weighted by molar-refractivity contribution is 6.35. The van der Waals surface area contributed by atoms with Gasteiger partial charge in [0.2, 0.25) is 5.79 Å². The lowest BCUT2D eigenvalue weighted by atomic mass is 10.0. The van der Waals surface area contributed by atoms with Crippen LogP contribution in [0.3, 0.4) is 0 Å². The van der Waals surface area contributed by atoms with Gasteiger partial charge in [0, 0.05) is 23.0 Å². The minimum absolute atomic E-state index is 0.245. The Bertz CT molecular complexity index is 1070. The van der Waals surface area contributed by atoms with E-state index in [4.69, 9.17) is 52.7 Å². The summed E-state index contributed by atoms with van der Waals surface area (Å²) in [4.78, 5) is 12.5. The number of nitrogens with zero attached hydrogens (tertiary/aromatic N) is 3. The smallest absolute Gasteiger partial charge is 0.291 e. The van der Waals surface area contributed by atoms with Gasteiger partial charge < -0.3 is 24.0 Å². The van der Waals surface area contributed by atoms with Gasteiger partial charge in [-0.3, -0.25) is 0 Å². The topological polar surface area (TPSA) is 109 Å². The van der Waals surface area contributed by atoms with Gasteiger partial charge in [0.1, 0.15) is 18.5 Å². The maximum Gasteiger partial charge on any atom is 0.291 e. The van der Waals surface area contributed by atoms with E-state index in [0.717, 1.165) is 11.3 Å². The molecule has 0 saturated carbocycles. The van der Waals surface area contributed by atoms with Gasteiger partial charge in [-0.1, -0.05) is 55.2 Å². The predicted octanol–water partition coefficient (Wildman–Crippen LogP) is 5.31. The van der Waals surface area contributed by atoms with Crippen molar-refractivity contribution in [3.05, 3.63) is 92.5 Å². The van der Waals surface area contributed by atoms with E-state index in [1.165, 1.54) is 5.56 Å². The van der Waals surface area contributed by atoms with Crippen molar-refractivity contribution in [3.8, 4) is 5.75 Å². The third kappa shape index (κ3) is 6.83. The molecule has 1 aliphatic rings. The van der Waals surface area contributed by atoms with Crippen LogP contribution < -0.4 is 4.74 Å². The molecule has 0 aliphatic carbocycles. The maximum absolute atomic E-state index is 8.36. The van der Waals surface area contributed by atoms with Crippen LogP contribution >= 0.6 is 23.2 Å². The molecule has 2 atom stereocenters. The summed E-state index contributed by atoms with van der Waals surface area (Å²) in [6.45, 7) is 5.51. The number of hydrogen-bond acceptors (Lipinski definition) is 6. The summed E-state index contributed by atoms with van der Waals surface area (Å²) >= 11 is 12.6. The lowest BCUT2D eigenvalue weighted by Gasteiger charge is -2.30. The van der Waals surface area contributed by atoms with Gasteiger partial charge in [-0.2, -0.15) is 0 Å². The van der Waals surface area contributed by atoms with Crippen LogP contribution in [0.2, 0.25) is 10.0 Å².